The van der Waals surface area contributed by atoms with Gasteiger partial charge in [0.15, 0.2) is 0 Å². The van der Waals surface area contributed by atoms with Gasteiger partial charge < -0.3 is 19.9 Å². The van der Waals surface area contributed by atoms with Gasteiger partial charge in [0, 0.05) is 24.2 Å². The molecule has 1 saturated heterocycles. The largest absolute Gasteiger partial charge is 0.494 e. The molecule has 0 aliphatic carbocycles. The molecule has 3 aromatic rings. The monoisotopic (exact) mass is 483 g/mol. The van der Waals surface area contributed by atoms with Crippen molar-refractivity contribution in [1.82, 2.24) is 10.2 Å². The molecule has 7 heteroatoms. The lowest BCUT2D eigenvalue weighted by molar-refractivity contribution is -0.122. The highest BCUT2D eigenvalue weighted by atomic mass is 16.5. The number of para-hydroxylation sites is 2. The molecule has 1 fully saturated rings. The van der Waals surface area contributed by atoms with Gasteiger partial charge in [-0.15, -0.1) is 0 Å². The van der Waals surface area contributed by atoms with Gasteiger partial charge in [-0.3, -0.25) is 14.4 Å². The van der Waals surface area contributed by atoms with Crippen LogP contribution in [-0.4, -0.2) is 41.8 Å². The van der Waals surface area contributed by atoms with Crippen LogP contribution in [0.15, 0.2) is 72.8 Å². The van der Waals surface area contributed by atoms with Crippen LogP contribution >= 0.6 is 0 Å². The third-order valence-corrected chi connectivity index (χ3v) is 6.76. The smallest absolute Gasteiger partial charge is 0.256 e. The van der Waals surface area contributed by atoms with E-state index in [9.17, 15) is 14.4 Å². The van der Waals surface area contributed by atoms with Crippen molar-refractivity contribution in [2.45, 2.75) is 38.9 Å². The number of fused-ring (bicyclic) bond motifs is 2. The predicted molar refractivity (Wildman–Crippen MR) is 137 cm³/mol. The molecule has 7 nitrogen and oxygen atoms in total. The molecule has 0 aromatic heterocycles. The third kappa shape index (κ3) is 4.56. The molecule has 0 bridgehead atoms. The van der Waals surface area contributed by atoms with E-state index in [0.717, 1.165) is 23.3 Å². The molecule has 0 spiro atoms. The number of hydrogen-bond acceptors (Lipinski definition) is 4. The molecule has 2 aliphatic heterocycles. The van der Waals surface area contributed by atoms with E-state index in [0.29, 0.717) is 49.5 Å². The Morgan fingerprint density at radius 2 is 1.75 bits per heavy atom. The third-order valence-electron chi connectivity index (χ3n) is 6.76. The highest BCUT2D eigenvalue weighted by molar-refractivity contribution is 6.11. The number of carbonyl (C=O) groups is 3. The van der Waals surface area contributed by atoms with Crippen LogP contribution in [0.4, 0.5) is 5.69 Å². The highest BCUT2D eigenvalue weighted by Gasteiger charge is 2.41. The second kappa shape index (κ2) is 10.2. The Labute approximate surface area is 210 Å². The van der Waals surface area contributed by atoms with E-state index < -0.39 is 6.04 Å². The van der Waals surface area contributed by atoms with Gasteiger partial charge in [0.05, 0.1) is 24.4 Å². The van der Waals surface area contributed by atoms with Crippen LogP contribution in [0.25, 0.3) is 0 Å². The molecule has 2 heterocycles. The van der Waals surface area contributed by atoms with Gasteiger partial charge in [-0.2, -0.15) is 0 Å². The van der Waals surface area contributed by atoms with Gasteiger partial charge in [0.1, 0.15) is 11.8 Å². The first kappa shape index (κ1) is 23.6. The predicted octanol–water partition coefficient (Wildman–Crippen LogP) is 4.17. The summed E-state index contributed by atoms with van der Waals surface area (Å²) in [5, 5.41) is 2.95. The van der Waals surface area contributed by atoms with Gasteiger partial charge in [-0.05, 0) is 55.7 Å². The Kier molecular flexibility index (Phi) is 6.71. The van der Waals surface area contributed by atoms with Crippen LogP contribution in [0.1, 0.15) is 51.6 Å². The summed E-state index contributed by atoms with van der Waals surface area (Å²) in [5.41, 5.74) is 3.52. The summed E-state index contributed by atoms with van der Waals surface area (Å²) in [4.78, 5) is 42.7. The molecular formula is C29H29N3O4. The first-order valence-electron chi connectivity index (χ1n) is 12.4. The SMILES string of the molecule is CCOc1ccccc1CNC(=O)c1ccc(CN2C(=O)[C@@H]3CCCN3C(=O)c3ccccc32)cc1. The van der Waals surface area contributed by atoms with Crippen molar-refractivity contribution >= 4 is 23.4 Å². The molecule has 184 valence electrons. The van der Waals surface area contributed by atoms with Crippen molar-refractivity contribution in [2.24, 2.45) is 0 Å². The summed E-state index contributed by atoms with van der Waals surface area (Å²) in [6.07, 6.45) is 1.51. The maximum absolute atomic E-state index is 13.5. The maximum Gasteiger partial charge on any atom is 0.256 e. The van der Waals surface area contributed by atoms with E-state index in [2.05, 4.69) is 5.32 Å². The van der Waals surface area contributed by atoms with Gasteiger partial charge >= 0.3 is 0 Å². The number of hydrogen-bond donors (Lipinski definition) is 1. The van der Waals surface area contributed by atoms with Crippen LogP contribution in [0.5, 0.6) is 5.75 Å². The number of rotatable bonds is 7. The van der Waals surface area contributed by atoms with Gasteiger partial charge in [-0.1, -0.05) is 42.5 Å². The zero-order valence-corrected chi connectivity index (χ0v) is 20.3. The second-order valence-electron chi connectivity index (χ2n) is 9.02. The Hall–Kier alpha value is -4.13. The minimum atomic E-state index is -0.422. The Morgan fingerprint density at radius 1 is 1.00 bits per heavy atom. The second-order valence-corrected chi connectivity index (χ2v) is 9.02. The summed E-state index contributed by atoms with van der Waals surface area (Å²) in [6.45, 7) is 3.79. The summed E-state index contributed by atoms with van der Waals surface area (Å²) < 4.78 is 5.63. The zero-order valence-electron chi connectivity index (χ0n) is 20.3. The fourth-order valence-electron chi connectivity index (χ4n) is 4.94. The van der Waals surface area contributed by atoms with Crippen molar-refractivity contribution in [1.29, 1.82) is 0 Å². The molecule has 0 radical (unpaired) electrons. The number of anilines is 1. The lowest BCUT2D eigenvalue weighted by Crippen LogP contribution is -2.44. The van der Waals surface area contributed by atoms with E-state index in [1.807, 2.05) is 61.5 Å². The molecule has 1 atom stereocenters. The molecular weight excluding hydrogens is 454 g/mol. The normalized spacial score (nSPS) is 16.9. The van der Waals surface area contributed by atoms with Crippen molar-refractivity contribution < 1.29 is 19.1 Å². The Morgan fingerprint density at radius 3 is 2.56 bits per heavy atom. The van der Waals surface area contributed by atoms with Crippen LogP contribution in [0.2, 0.25) is 0 Å². The zero-order chi connectivity index (χ0) is 25.1. The first-order valence-corrected chi connectivity index (χ1v) is 12.4. The van der Waals surface area contributed by atoms with Gasteiger partial charge in [-0.25, -0.2) is 0 Å². The molecule has 2 aliphatic rings. The summed E-state index contributed by atoms with van der Waals surface area (Å²) in [6, 6.07) is 21.8. The first-order chi connectivity index (χ1) is 17.6. The van der Waals surface area contributed by atoms with Crippen molar-refractivity contribution in [2.75, 3.05) is 18.1 Å². The number of ether oxygens (including phenoxy) is 1. The van der Waals surface area contributed by atoms with Crippen molar-refractivity contribution in [3.05, 3.63) is 95.1 Å². The van der Waals surface area contributed by atoms with E-state index in [1.165, 1.54) is 0 Å². The molecule has 5 rings (SSSR count). The van der Waals surface area contributed by atoms with Crippen molar-refractivity contribution in [3.63, 3.8) is 0 Å². The molecule has 1 N–H and O–H groups in total. The Bertz CT molecular complexity index is 1290. The van der Waals surface area contributed by atoms with Crippen molar-refractivity contribution in [3.8, 4) is 5.75 Å². The van der Waals surface area contributed by atoms with E-state index in [1.54, 1.807) is 28.0 Å². The fourth-order valence-corrected chi connectivity index (χ4v) is 4.94. The lowest BCUT2D eigenvalue weighted by atomic mass is 10.1. The Balaban J connectivity index is 1.31. The van der Waals surface area contributed by atoms with Gasteiger partial charge in [0.2, 0.25) is 5.91 Å². The summed E-state index contributed by atoms with van der Waals surface area (Å²) in [5.74, 6) is 0.441. The lowest BCUT2D eigenvalue weighted by Gasteiger charge is -2.26. The molecule has 3 aromatic carbocycles. The average Bonchev–Trinajstić information content (AvgIpc) is 3.38. The molecule has 0 saturated carbocycles. The maximum atomic E-state index is 13.5. The number of carbonyl (C=O) groups excluding carboxylic acids is 3. The topological polar surface area (TPSA) is 79.0 Å². The quantitative estimate of drug-likeness (QED) is 0.547. The number of nitrogens with zero attached hydrogens (tertiary/aromatic N) is 2. The van der Waals surface area contributed by atoms with E-state index >= 15 is 0 Å². The van der Waals surface area contributed by atoms with Crippen LogP contribution < -0.4 is 15.0 Å². The molecule has 0 unspecified atom stereocenters. The fraction of sp³-hybridized carbons (Fsp3) is 0.276. The van der Waals surface area contributed by atoms with Crippen LogP contribution in [0.3, 0.4) is 0 Å². The van der Waals surface area contributed by atoms with Gasteiger partial charge in [0.25, 0.3) is 11.8 Å². The molecule has 3 amide bonds. The highest BCUT2D eigenvalue weighted by Crippen LogP contribution is 2.33. The van der Waals surface area contributed by atoms with E-state index in [4.69, 9.17) is 4.74 Å². The number of nitrogens with one attached hydrogen (secondary N) is 1. The molecule has 36 heavy (non-hydrogen) atoms. The standard InChI is InChI=1S/C29H29N3O4/c1-2-36-26-12-6-3-8-22(26)18-30-27(33)21-15-13-20(14-16-21)19-32-24-10-5-4-9-23(24)28(34)31-17-7-11-25(31)29(32)35/h3-6,8-10,12-16,25H,2,7,11,17-19H2,1H3,(H,30,33)/t25-/m0/s1. The average molecular weight is 484 g/mol. The summed E-state index contributed by atoms with van der Waals surface area (Å²) >= 11 is 0. The summed E-state index contributed by atoms with van der Waals surface area (Å²) in [7, 11) is 0. The minimum Gasteiger partial charge on any atom is -0.494 e. The van der Waals surface area contributed by atoms with Crippen LogP contribution in [-0.2, 0) is 17.9 Å². The minimum absolute atomic E-state index is 0.0550. The van der Waals surface area contributed by atoms with E-state index in [-0.39, 0.29) is 17.7 Å². The van der Waals surface area contributed by atoms with Crippen LogP contribution in [0, 0.1) is 0 Å². The number of benzene rings is 3. The number of amides is 3.